The zero-order valence-electron chi connectivity index (χ0n) is 11.6. The first kappa shape index (κ1) is 14.8. The fourth-order valence-corrected chi connectivity index (χ4v) is 3.01. The summed E-state index contributed by atoms with van der Waals surface area (Å²) < 4.78 is 0. The van der Waals surface area contributed by atoms with Gasteiger partial charge in [0.2, 0.25) is 0 Å². The second-order valence-corrected chi connectivity index (χ2v) is 5.61. The summed E-state index contributed by atoms with van der Waals surface area (Å²) in [5, 5.41) is 4.91. The highest BCUT2D eigenvalue weighted by molar-refractivity contribution is 7.12. The minimum Gasteiger partial charge on any atom is -0.351 e. The van der Waals surface area contributed by atoms with E-state index in [1.807, 2.05) is 41.8 Å². The van der Waals surface area contributed by atoms with E-state index >= 15 is 0 Å². The highest BCUT2D eigenvalue weighted by Gasteiger charge is 2.12. The lowest BCUT2D eigenvalue weighted by atomic mass is 10.1. The Hall–Kier alpha value is -1.65. The van der Waals surface area contributed by atoms with Crippen molar-refractivity contribution in [1.29, 1.82) is 0 Å². The molecule has 1 heterocycles. The molecule has 0 saturated carbocycles. The number of hydrogen-bond donors (Lipinski definition) is 2. The predicted molar refractivity (Wildman–Crippen MR) is 84.0 cm³/mol. The smallest absolute Gasteiger partial charge is 0.261 e. The summed E-state index contributed by atoms with van der Waals surface area (Å²) in [4.78, 5) is 12.9. The molecule has 2 aromatic rings. The van der Waals surface area contributed by atoms with Gasteiger partial charge in [-0.2, -0.15) is 0 Å². The normalized spacial score (nSPS) is 12.1. The van der Waals surface area contributed by atoms with E-state index in [9.17, 15) is 4.79 Å². The van der Waals surface area contributed by atoms with Crippen LogP contribution in [-0.2, 0) is 6.42 Å². The Bertz CT molecular complexity index is 551. The predicted octanol–water partition coefficient (Wildman–Crippen LogP) is 3.13. The molecule has 0 aliphatic rings. The molecule has 3 nitrogen and oxygen atoms in total. The molecule has 106 valence electrons. The van der Waals surface area contributed by atoms with Crippen LogP contribution in [0.5, 0.6) is 0 Å². The molecule has 2 rings (SSSR count). The average molecular weight is 288 g/mol. The second kappa shape index (κ2) is 7.22. The molecule has 1 aromatic carbocycles. The van der Waals surface area contributed by atoms with Crippen molar-refractivity contribution < 1.29 is 4.79 Å². The number of amides is 1. The van der Waals surface area contributed by atoms with Gasteiger partial charge in [-0.3, -0.25) is 4.79 Å². The molecule has 1 aromatic heterocycles. The Balaban J connectivity index is 1.83. The molecule has 1 amide bonds. The van der Waals surface area contributed by atoms with Crippen LogP contribution >= 0.6 is 11.3 Å². The van der Waals surface area contributed by atoms with Crippen molar-refractivity contribution in [1.82, 2.24) is 5.32 Å². The Labute approximate surface area is 123 Å². The summed E-state index contributed by atoms with van der Waals surface area (Å²) in [6.45, 7) is 2.65. The third-order valence-corrected chi connectivity index (χ3v) is 4.26. The van der Waals surface area contributed by atoms with Crippen LogP contribution in [0, 0.1) is 0 Å². The zero-order chi connectivity index (χ0) is 14.4. The highest BCUT2D eigenvalue weighted by atomic mass is 32.1. The topological polar surface area (TPSA) is 55.1 Å². The SMILES string of the molecule is CCc1ccsc1C(=O)NCCC(N)c1ccccc1. The van der Waals surface area contributed by atoms with E-state index in [1.54, 1.807) is 0 Å². The Morgan fingerprint density at radius 1 is 1.30 bits per heavy atom. The van der Waals surface area contributed by atoms with Gasteiger partial charge < -0.3 is 11.1 Å². The van der Waals surface area contributed by atoms with Gasteiger partial charge >= 0.3 is 0 Å². The number of hydrogen-bond acceptors (Lipinski definition) is 3. The van der Waals surface area contributed by atoms with Gasteiger partial charge in [-0.15, -0.1) is 11.3 Å². The van der Waals surface area contributed by atoms with E-state index in [-0.39, 0.29) is 11.9 Å². The summed E-state index contributed by atoms with van der Waals surface area (Å²) in [7, 11) is 0. The number of benzene rings is 1. The van der Waals surface area contributed by atoms with Crippen LogP contribution in [0.2, 0.25) is 0 Å². The Kier molecular flexibility index (Phi) is 5.32. The number of nitrogens with two attached hydrogens (primary N) is 1. The minimum absolute atomic E-state index is 0.0112. The van der Waals surface area contributed by atoms with E-state index in [2.05, 4.69) is 12.2 Å². The third kappa shape index (κ3) is 3.68. The lowest BCUT2D eigenvalue weighted by Crippen LogP contribution is -2.27. The lowest BCUT2D eigenvalue weighted by molar-refractivity contribution is 0.0956. The van der Waals surface area contributed by atoms with E-state index in [0.29, 0.717) is 6.54 Å². The second-order valence-electron chi connectivity index (χ2n) is 4.69. The van der Waals surface area contributed by atoms with Crippen molar-refractivity contribution in [2.45, 2.75) is 25.8 Å². The van der Waals surface area contributed by atoms with Gasteiger partial charge in [0.05, 0.1) is 4.88 Å². The summed E-state index contributed by atoms with van der Waals surface area (Å²) in [6.07, 6.45) is 1.62. The van der Waals surface area contributed by atoms with Crippen molar-refractivity contribution in [2.24, 2.45) is 5.73 Å². The van der Waals surface area contributed by atoms with Crippen molar-refractivity contribution >= 4 is 17.2 Å². The van der Waals surface area contributed by atoms with Gasteiger partial charge in [-0.25, -0.2) is 0 Å². The molecule has 20 heavy (non-hydrogen) atoms. The number of aryl methyl sites for hydroxylation is 1. The molecule has 0 aliphatic carbocycles. The first-order valence-corrected chi connectivity index (χ1v) is 7.75. The van der Waals surface area contributed by atoms with Crippen LogP contribution in [0.3, 0.4) is 0 Å². The average Bonchev–Trinajstić information content (AvgIpc) is 2.96. The first-order valence-electron chi connectivity index (χ1n) is 6.87. The monoisotopic (exact) mass is 288 g/mol. The van der Waals surface area contributed by atoms with Crippen LogP contribution < -0.4 is 11.1 Å². The summed E-state index contributed by atoms with van der Waals surface area (Å²) in [5.74, 6) is 0.0112. The number of carbonyl (C=O) groups excluding carboxylic acids is 1. The molecular weight excluding hydrogens is 268 g/mol. The van der Waals surface area contributed by atoms with Gasteiger partial charge in [0.1, 0.15) is 0 Å². The Morgan fingerprint density at radius 2 is 2.05 bits per heavy atom. The molecule has 0 radical (unpaired) electrons. The number of rotatable bonds is 6. The van der Waals surface area contributed by atoms with E-state index in [4.69, 9.17) is 5.73 Å². The lowest BCUT2D eigenvalue weighted by Gasteiger charge is -2.12. The first-order chi connectivity index (χ1) is 9.72. The maximum atomic E-state index is 12.1. The highest BCUT2D eigenvalue weighted by Crippen LogP contribution is 2.17. The molecule has 0 aliphatic heterocycles. The summed E-state index contributed by atoms with van der Waals surface area (Å²) in [5.41, 5.74) is 8.32. The summed E-state index contributed by atoms with van der Waals surface area (Å²) in [6, 6.07) is 11.9. The fourth-order valence-electron chi connectivity index (χ4n) is 2.10. The molecule has 0 spiro atoms. The zero-order valence-corrected chi connectivity index (χ0v) is 12.5. The molecule has 0 saturated heterocycles. The van der Waals surface area contributed by atoms with E-state index < -0.39 is 0 Å². The fraction of sp³-hybridized carbons (Fsp3) is 0.312. The van der Waals surface area contributed by atoms with Gasteiger partial charge in [-0.05, 0) is 35.4 Å². The minimum atomic E-state index is -0.0366. The van der Waals surface area contributed by atoms with E-state index in [0.717, 1.165) is 28.8 Å². The van der Waals surface area contributed by atoms with Crippen LogP contribution in [0.15, 0.2) is 41.8 Å². The molecular formula is C16H20N2OS. The Morgan fingerprint density at radius 3 is 2.75 bits per heavy atom. The van der Waals surface area contributed by atoms with Gasteiger partial charge in [0, 0.05) is 12.6 Å². The van der Waals surface area contributed by atoms with Crippen molar-refractivity contribution in [3.05, 3.63) is 57.8 Å². The van der Waals surface area contributed by atoms with Crippen molar-refractivity contribution in [2.75, 3.05) is 6.54 Å². The molecule has 0 fully saturated rings. The number of nitrogens with one attached hydrogen (secondary N) is 1. The van der Waals surface area contributed by atoms with E-state index in [1.165, 1.54) is 11.3 Å². The van der Waals surface area contributed by atoms with Crippen molar-refractivity contribution in [3.63, 3.8) is 0 Å². The van der Waals surface area contributed by atoms with Gasteiger partial charge in [-0.1, -0.05) is 37.3 Å². The molecule has 1 atom stereocenters. The van der Waals surface area contributed by atoms with Crippen LogP contribution in [0.25, 0.3) is 0 Å². The summed E-state index contributed by atoms with van der Waals surface area (Å²) >= 11 is 1.49. The largest absolute Gasteiger partial charge is 0.351 e. The quantitative estimate of drug-likeness (QED) is 0.858. The maximum absolute atomic E-state index is 12.1. The van der Waals surface area contributed by atoms with Crippen LogP contribution in [0.4, 0.5) is 0 Å². The standard InChI is InChI=1S/C16H20N2OS/c1-2-12-9-11-20-15(12)16(19)18-10-8-14(17)13-6-4-3-5-7-13/h3-7,9,11,14H,2,8,10,17H2,1H3,(H,18,19). The van der Waals surface area contributed by atoms with Crippen LogP contribution in [-0.4, -0.2) is 12.5 Å². The van der Waals surface area contributed by atoms with Gasteiger partial charge in [0.15, 0.2) is 0 Å². The van der Waals surface area contributed by atoms with Gasteiger partial charge in [0.25, 0.3) is 5.91 Å². The third-order valence-electron chi connectivity index (χ3n) is 3.30. The van der Waals surface area contributed by atoms with Crippen molar-refractivity contribution in [3.8, 4) is 0 Å². The molecule has 0 bridgehead atoms. The molecule has 4 heteroatoms. The maximum Gasteiger partial charge on any atom is 0.261 e. The molecule has 1 unspecified atom stereocenters. The number of carbonyl (C=O) groups is 1. The molecule has 3 N–H and O–H groups in total. The van der Waals surface area contributed by atoms with Crippen LogP contribution in [0.1, 0.15) is 40.2 Å². The number of thiophene rings is 1.